The number of hydrogen-bond donors (Lipinski definition) is 0. The molecule has 1 radical (unpaired) electrons. The van der Waals surface area contributed by atoms with Crippen molar-refractivity contribution in [3.8, 4) is 0 Å². The molecule has 4 unspecified atom stereocenters. The number of rotatable bonds is 5. The molecular weight excluding hydrogens is 192 g/mol. The van der Waals surface area contributed by atoms with Gasteiger partial charge in [0.05, 0.1) is 12.2 Å². The van der Waals surface area contributed by atoms with Gasteiger partial charge in [-0.15, -0.1) is 0 Å². The normalized spacial score (nSPS) is 37.9. The van der Waals surface area contributed by atoms with Crippen LogP contribution in [0.5, 0.6) is 0 Å². The molecule has 0 spiro atoms. The first-order valence-corrected chi connectivity index (χ1v) is 5.94. The molecule has 85 valence electrons. The molecule has 3 nitrogen and oxygen atoms in total. The summed E-state index contributed by atoms with van der Waals surface area (Å²) in [6, 6.07) is 0. The average Bonchev–Trinajstić information content (AvgIpc) is 3.04. The standard InChI is InChI=1S/C12H19O3/c1-3-12(8-13,14-4-2)9-5-6-10-11(7-9)15-10/h9-11H,3-7H2,1-2H3. The van der Waals surface area contributed by atoms with Crippen LogP contribution in [-0.2, 0) is 14.3 Å². The van der Waals surface area contributed by atoms with Crippen molar-refractivity contribution in [3.05, 3.63) is 0 Å². The molecule has 3 heteroatoms. The summed E-state index contributed by atoms with van der Waals surface area (Å²) in [7, 11) is 0. The predicted octanol–water partition coefficient (Wildman–Crippen LogP) is 1.85. The maximum absolute atomic E-state index is 11.2. The van der Waals surface area contributed by atoms with Crippen LogP contribution < -0.4 is 0 Å². The molecule has 1 heterocycles. The Labute approximate surface area is 91.1 Å². The minimum Gasteiger partial charge on any atom is -0.370 e. The van der Waals surface area contributed by atoms with Gasteiger partial charge in [-0.05, 0) is 38.5 Å². The van der Waals surface area contributed by atoms with E-state index in [-0.39, 0.29) is 0 Å². The first kappa shape index (κ1) is 11.1. The summed E-state index contributed by atoms with van der Waals surface area (Å²) in [6.45, 7) is 4.51. The second-order valence-corrected chi connectivity index (χ2v) is 4.50. The molecule has 0 aromatic carbocycles. The highest BCUT2D eigenvalue weighted by Gasteiger charge is 2.50. The lowest BCUT2D eigenvalue weighted by Gasteiger charge is -2.35. The van der Waals surface area contributed by atoms with Crippen LogP contribution in [0.1, 0.15) is 39.5 Å². The Morgan fingerprint density at radius 2 is 2.20 bits per heavy atom. The number of ether oxygens (including phenoxy) is 2. The third kappa shape index (κ3) is 1.95. The minimum atomic E-state index is -0.675. The molecule has 2 aliphatic rings. The third-order valence-electron chi connectivity index (χ3n) is 3.76. The zero-order valence-electron chi connectivity index (χ0n) is 9.49. The molecule has 2 fully saturated rings. The molecule has 15 heavy (non-hydrogen) atoms. The van der Waals surface area contributed by atoms with E-state index in [9.17, 15) is 4.79 Å². The van der Waals surface area contributed by atoms with Gasteiger partial charge < -0.3 is 9.47 Å². The van der Waals surface area contributed by atoms with E-state index in [4.69, 9.17) is 9.47 Å². The van der Waals surface area contributed by atoms with Crippen molar-refractivity contribution < 1.29 is 14.3 Å². The van der Waals surface area contributed by atoms with Crippen LogP contribution in [0.3, 0.4) is 0 Å². The van der Waals surface area contributed by atoms with Crippen molar-refractivity contribution in [2.75, 3.05) is 6.61 Å². The van der Waals surface area contributed by atoms with Gasteiger partial charge in [0.2, 0.25) is 6.29 Å². The molecular formula is C12H19O3. The van der Waals surface area contributed by atoms with Gasteiger partial charge in [0.1, 0.15) is 5.60 Å². The van der Waals surface area contributed by atoms with Gasteiger partial charge in [0, 0.05) is 6.61 Å². The van der Waals surface area contributed by atoms with Crippen LogP contribution in [-0.4, -0.2) is 30.7 Å². The average molecular weight is 211 g/mol. The lowest BCUT2D eigenvalue weighted by atomic mass is 9.76. The second kappa shape index (κ2) is 4.22. The summed E-state index contributed by atoms with van der Waals surface area (Å²) in [6.07, 6.45) is 6.80. The van der Waals surface area contributed by atoms with Crippen molar-refractivity contribution in [2.24, 2.45) is 5.92 Å². The lowest BCUT2D eigenvalue weighted by Crippen LogP contribution is -2.44. The molecule has 0 amide bonds. The maximum atomic E-state index is 11.2. The minimum absolute atomic E-state index is 0.295. The third-order valence-corrected chi connectivity index (χ3v) is 3.76. The Morgan fingerprint density at radius 3 is 2.73 bits per heavy atom. The van der Waals surface area contributed by atoms with Gasteiger partial charge in [0.15, 0.2) is 0 Å². The van der Waals surface area contributed by atoms with E-state index in [1.165, 1.54) is 0 Å². The largest absolute Gasteiger partial charge is 0.370 e. The van der Waals surface area contributed by atoms with Crippen LogP contribution in [0.4, 0.5) is 0 Å². The Kier molecular flexibility index (Phi) is 3.12. The van der Waals surface area contributed by atoms with Crippen molar-refractivity contribution in [1.29, 1.82) is 0 Å². The number of carbonyl (C=O) groups excluding carboxylic acids is 1. The van der Waals surface area contributed by atoms with Gasteiger partial charge in [-0.1, -0.05) is 6.92 Å². The van der Waals surface area contributed by atoms with Crippen LogP contribution in [0.15, 0.2) is 0 Å². The van der Waals surface area contributed by atoms with Crippen LogP contribution in [0.25, 0.3) is 0 Å². The summed E-state index contributed by atoms with van der Waals surface area (Å²) in [5.41, 5.74) is -0.675. The summed E-state index contributed by atoms with van der Waals surface area (Å²) >= 11 is 0. The topological polar surface area (TPSA) is 38.8 Å². The molecule has 1 aliphatic heterocycles. The van der Waals surface area contributed by atoms with Gasteiger partial charge in [0.25, 0.3) is 0 Å². The maximum Gasteiger partial charge on any atom is 0.233 e. The van der Waals surface area contributed by atoms with Gasteiger partial charge in [-0.3, -0.25) is 4.79 Å². The summed E-state index contributed by atoms with van der Waals surface area (Å²) in [4.78, 5) is 11.2. The first-order chi connectivity index (χ1) is 7.25. The zero-order valence-corrected chi connectivity index (χ0v) is 9.49. The summed E-state index contributed by atoms with van der Waals surface area (Å²) in [5.74, 6) is 0.295. The second-order valence-electron chi connectivity index (χ2n) is 4.50. The van der Waals surface area contributed by atoms with E-state index in [0.717, 1.165) is 19.3 Å². The molecule has 0 aromatic rings. The summed E-state index contributed by atoms with van der Waals surface area (Å²) < 4.78 is 11.1. The van der Waals surface area contributed by atoms with E-state index in [2.05, 4.69) is 6.29 Å². The van der Waals surface area contributed by atoms with Crippen molar-refractivity contribution in [3.63, 3.8) is 0 Å². The summed E-state index contributed by atoms with van der Waals surface area (Å²) in [5, 5.41) is 0. The van der Waals surface area contributed by atoms with Crippen molar-refractivity contribution in [2.45, 2.75) is 57.3 Å². The SMILES string of the molecule is CCOC([C]=O)(CC)C1CCC2OC2C1. The molecule has 1 aliphatic carbocycles. The Hall–Kier alpha value is -0.410. The fourth-order valence-corrected chi connectivity index (χ4v) is 2.78. The molecule has 1 saturated heterocycles. The fraction of sp³-hybridized carbons (Fsp3) is 0.917. The van der Waals surface area contributed by atoms with Gasteiger partial charge in [-0.25, -0.2) is 0 Å². The molecule has 1 saturated carbocycles. The molecule has 0 aromatic heterocycles. The van der Waals surface area contributed by atoms with Gasteiger partial charge >= 0.3 is 0 Å². The highest BCUT2D eigenvalue weighted by atomic mass is 16.6. The van der Waals surface area contributed by atoms with E-state index >= 15 is 0 Å². The number of fused-ring (bicyclic) bond motifs is 1. The molecule has 0 bridgehead atoms. The highest BCUT2D eigenvalue weighted by Crippen LogP contribution is 2.44. The number of hydrogen-bond acceptors (Lipinski definition) is 3. The molecule has 2 rings (SSSR count). The van der Waals surface area contributed by atoms with E-state index in [0.29, 0.717) is 31.2 Å². The monoisotopic (exact) mass is 211 g/mol. The van der Waals surface area contributed by atoms with Crippen LogP contribution >= 0.6 is 0 Å². The first-order valence-electron chi connectivity index (χ1n) is 5.94. The van der Waals surface area contributed by atoms with E-state index in [1.54, 1.807) is 0 Å². The van der Waals surface area contributed by atoms with E-state index < -0.39 is 5.60 Å². The molecule has 0 N–H and O–H groups in total. The highest BCUT2D eigenvalue weighted by molar-refractivity contribution is 5.64. The van der Waals surface area contributed by atoms with Crippen LogP contribution in [0, 0.1) is 5.92 Å². The quantitative estimate of drug-likeness (QED) is 0.651. The van der Waals surface area contributed by atoms with E-state index in [1.807, 2.05) is 13.8 Å². The molecule has 4 atom stereocenters. The lowest BCUT2D eigenvalue weighted by molar-refractivity contribution is -0.0415. The van der Waals surface area contributed by atoms with Crippen LogP contribution in [0.2, 0.25) is 0 Å². The zero-order chi connectivity index (χ0) is 10.9. The Balaban J connectivity index is 2.05. The predicted molar refractivity (Wildman–Crippen MR) is 56.3 cm³/mol. The van der Waals surface area contributed by atoms with Crippen molar-refractivity contribution in [1.82, 2.24) is 0 Å². The number of epoxide rings is 1. The smallest absolute Gasteiger partial charge is 0.233 e. The Bertz CT molecular complexity index is 241. The van der Waals surface area contributed by atoms with Crippen molar-refractivity contribution >= 4 is 6.29 Å². The Morgan fingerprint density at radius 1 is 1.40 bits per heavy atom. The fourth-order valence-electron chi connectivity index (χ4n) is 2.78. The van der Waals surface area contributed by atoms with Gasteiger partial charge in [-0.2, -0.15) is 0 Å².